The molecule has 5 heteroatoms. The fraction of sp³-hybridized carbons (Fsp3) is 0.0714. The number of para-hydroxylation sites is 2. The van der Waals surface area contributed by atoms with Gasteiger partial charge in [0.2, 0.25) is 0 Å². The molecule has 0 unspecified atom stereocenters. The first kappa shape index (κ1) is 14.1. The molecule has 0 aromatic heterocycles. The second-order valence-electron chi connectivity index (χ2n) is 3.66. The maximum Gasteiger partial charge on any atom is 0.344 e. The first-order chi connectivity index (χ1) is 9.11. The van der Waals surface area contributed by atoms with Gasteiger partial charge in [0.05, 0.1) is 12.7 Å². The van der Waals surface area contributed by atoms with Crippen LogP contribution in [0.5, 0.6) is 11.5 Å². The van der Waals surface area contributed by atoms with Gasteiger partial charge in [0.25, 0.3) is 0 Å². The summed E-state index contributed by atoms with van der Waals surface area (Å²) < 4.78 is 12.0. The van der Waals surface area contributed by atoms with Crippen molar-refractivity contribution < 1.29 is 14.3 Å². The Morgan fingerprint density at radius 2 is 1.74 bits per heavy atom. The molecule has 0 saturated carbocycles. The highest BCUT2D eigenvalue weighted by Crippen LogP contribution is 2.28. The lowest BCUT2D eigenvalue weighted by Crippen LogP contribution is -2.09. The first-order valence-electron chi connectivity index (χ1n) is 5.42. The number of ether oxygens (including phenoxy) is 2. The van der Waals surface area contributed by atoms with Crippen molar-refractivity contribution in [2.75, 3.05) is 7.11 Å². The average molecular weight is 386 g/mol. The van der Waals surface area contributed by atoms with Crippen LogP contribution in [0.1, 0.15) is 10.4 Å². The van der Waals surface area contributed by atoms with Crippen molar-refractivity contribution in [2.45, 2.75) is 0 Å². The Kier molecular flexibility index (Phi) is 4.61. The molecule has 0 N–H and O–H groups in total. The Morgan fingerprint density at radius 3 is 2.37 bits per heavy atom. The summed E-state index contributed by atoms with van der Waals surface area (Å²) >= 11 is 6.67. The molecule has 19 heavy (non-hydrogen) atoms. The van der Waals surface area contributed by atoms with E-state index in [2.05, 4.69) is 31.9 Å². The molecular weight excluding hydrogens is 376 g/mol. The van der Waals surface area contributed by atoms with Gasteiger partial charge in [-0.25, -0.2) is 4.79 Å². The number of carbonyl (C=O) groups excluding carboxylic acids is 1. The van der Waals surface area contributed by atoms with Crippen LogP contribution in [-0.2, 0) is 0 Å². The normalized spacial score (nSPS) is 10.1. The molecule has 0 aliphatic rings. The molecule has 0 amide bonds. The molecule has 0 aliphatic carbocycles. The van der Waals surface area contributed by atoms with Gasteiger partial charge in [-0.3, -0.25) is 0 Å². The monoisotopic (exact) mass is 384 g/mol. The average Bonchev–Trinajstić information content (AvgIpc) is 2.39. The van der Waals surface area contributed by atoms with Crippen LogP contribution in [0.3, 0.4) is 0 Å². The van der Waals surface area contributed by atoms with Gasteiger partial charge >= 0.3 is 5.97 Å². The summed E-state index contributed by atoms with van der Waals surface area (Å²) in [5, 5.41) is 0. The van der Waals surface area contributed by atoms with Crippen LogP contribution in [0.15, 0.2) is 51.4 Å². The minimum Gasteiger partial charge on any atom is -0.493 e. The number of rotatable bonds is 3. The van der Waals surface area contributed by atoms with Gasteiger partial charge in [-0.1, -0.05) is 28.1 Å². The first-order valence-corrected chi connectivity index (χ1v) is 7.00. The van der Waals surface area contributed by atoms with Crippen molar-refractivity contribution in [3.05, 3.63) is 57.0 Å². The molecule has 2 aromatic rings. The Morgan fingerprint density at radius 1 is 1.05 bits per heavy atom. The molecule has 2 aromatic carbocycles. The maximum atomic E-state index is 12.1. The zero-order valence-electron chi connectivity index (χ0n) is 10.0. The van der Waals surface area contributed by atoms with Crippen LogP contribution in [0.25, 0.3) is 0 Å². The zero-order valence-corrected chi connectivity index (χ0v) is 13.2. The van der Waals surface area contributed by atoms with E-state index in [4.69, 9.17) is 9.47 Å². The lowest BCUT2D eigenvalue weighted by Gasteiger charge is -2.09. The maximum absolute atomic E-state index is 12.1. The summed E-state index contributed by atoms with van der Waals surface area (Å²) in [6.45, 7) is 0. The fourth-order valence-corrected chi connectivity index (χ4v) is 2.72. The van der Waals surface area contributed by atoms with Crippen LogP contribution >= 0.6 is 31.9 Å². The Hall–Kier alpha value is -1.33. The van der Waals surface area contributed by atoms with E-state index in [0.29, 0.717) is 21.5 Å². The number of methoxy groups -OCH3 is 1. The van der Waals surface area contributed by atoms with E-state index in [-0.39, 0.29) is 0 Å². The standard InChI is InChI=1S/C14H10Br2O3/c1-18-12-4-2-3-5-13(12)19-14(17)10-7-6-9(15)8-11(10)16/h2-8H,1H3. The smallest absolute Gasteiger partial charge is 0.344 e. The van der Waals surface area contributed by atoms with E-state index in [1.54, 1.807) is 36.4 Å². The molecule has 0 spiro atoms. The van der Waals surface area contributed by atoms with Crippen LogP contribution < -0.4 is 9.47 Å². The van der Waals surface area contributed by atoms with E-state index in [9.17, 15) is 4.79 Å². The Labute approximate surface area is 127 Å². The zero-order chi connectivity index (χ0) is 13.8. The van der Waals surface area contributed by atoms with Crippen molar-refractivity contribution >= 4 is 37.8 Å². The lowest BCUT2D eigenvalue weighted by molar-refractivity contribution is 0.0729. The molecular formula is C14H10Br2O3. The van der Waals surface area contributed by atoms with E-state index >= 15 is 0 Å². The van der Waals surface area contributed by atoms with Gasteiger partial charge in [-0.2, -0.15) is 0 Å². The van der Waals surface area contributed by atoms with E-state index in [0.717, 1.165) is 4.47 Å². The van der Waals surface area contributed by atoms with Crippen LogP contribution in [0, 0.1) is 0 Å². The van der Waals surface area contributed by atoms with Gasteiger partial charge in [0, 0.05) is 8.95 Å². The third-order valence-corrected chi connectivity index (χ3v) is 3.57. The number of halogens is 2. The van der Waals surface area contributed by atoms with Crippen molar-refractivity contribution in [3.8, 4) is 11.5 Å². The highest BCUT2D eigenvalue weighted by atomic mass is 79.9. The number of carbonyl (C=O) groups is 1. The summed E-state index contributed by atoms with van der Waals surface area (Å²) in [7, 11) is 1.53. The molecule has 0 saturated heterocycles. The van der Waals surface area contributed by atoms with E-state index in [1.807, 2.05) is 6.07 Å². The third-order valence-electron chi connectivity index (χ3n) is 2.42. The number of hydrogen-bond acceptors (Lipinski definition) is 3. The number of esters is 1. The molecule has 2 rings (SSSR count). The minimum atomic E-state index is -0.441. The van der Waals surface area contributed by atoms with Gasteiger partial charge in [-0.05, 0) is 46.3 Å². The fourth-order valence-electron chi connectivity index (χ4n) is 1.51. The van der Waals surface area contributed by atoms with Crippen LogP contribution in [0.4, 0.5) is 0 Å². The third kappa shape index (κ3) is 3.36. The molecule has 98 valence electrons. The van der Waals surface area contributed by atoms with E-state index < -0.39 is 5.97 Å². The molecule has 0 radical (unpaired) electrons. The van der Waals surface area contributed by atoms with Gasteiger partial charge in [0.1, 0.15) is 0 Å². The number of benzene rings is 2. The van der Waals surface area contributed by atoms with Crippen LogP contribution in [-0.4, -0.2) is 13.1 Å². The molecule has 3 nitrogen and oxygen atoms in total. The van der Waals surface area contributed by atoms with Crippen molar-refractivity contribution in [1.82, 2.24) is 0 Å². The second-order valence-corrected chi connectivity index (χ2v) is 5.43. The number of hydrogen-bond donors (Lipinski definition) is 0. The molecule has 0 fully saturated rings. The molecule has 0 heterocycles. The summed E-state index contributed by atoms with van der Waals surface area (Å²) in [5.41, 5.74) is 0.453. The molecule has 0 bridgehead atoms. The van der Waals surface area contributed by atoms with Crippen LogP contribution in [0.2, 0.25) is 0 Å². The highest BCUT2D eigenvalue weighted by molar-refractivity contribution is 9.11. The van der Waals surface area contributed by atoms with E-state index in [1.165, 1.54) is 7.11 Å². The minimum absolute atomic E-state index is 0.393. The second kappa shape index (κ2) is 6.21. The molecule has 0 aliphatic heterocycles. The van der Waals surface area contributed by atoms with Crippen molar-refractivity contribution in [3.63, 3.8) is 0 Å². The summed E-state index contributed by atoms with van der Waals surface area (Å²) in [6.07, 6.45) is 0. The largest absolute Gasteiger partial charge is 0.493 e. The Bertz CT molecular complexity index is 611. The molecule has 0 atom stereocenters. The topological polar surface area (TPSA) is 35.5 Å². The predicted molar refractivity (Wildman–Crippen MR) is 79.8 cm³/mol. The van der Waals surface area contributed by atoms with Gasteiger partial charge in [0.15, 0.2) is 11.5 Å². The lowest BCUT2D eigenvalue weighted by atomic mass is 10.2. The predicted octanol–water partition coefficient (Wildman–Crippen LogP) is 4.44. The highest BCUT2D eigenvalue weighted by Gasteiger charge is 2.14. The Balaban J connectivity index is 2.26. The SMILES string of the molecule is COc1ccccc1OC(=O)c1ccc(Br)cc1Br. The van der Waals surface area contributed by atoms with Crippen molar-refractivity contribution in [1.29, 1.82) is 0 Å². The summed E-state index contributed by atoms with van der Waals surface area (Å²) in [4.78, 5) is 12.1. The quantitative estimate of drug-likeness (QED) is 0.578. The summed E-state index contributed by atoms with van der Waals surface area (Å²) in [6, 6.07) is 12.3. The summed E-state index contributed by atoms with van der Waals surface area (Å²) in [5.74, 6) is 0.470. The van der Waals surface area contributed by atoms with Gasteiger partial charge in [-0.15, -0.1) is 0 Å². The van der Waals surface area contributed by atoms with Crippen molar-refractivity contribution in [2.24, 2.45) is 0 Å². The van der Waals surface area contributed by atoms with Gasteiger partial charge < -0.3 is 9.47 Å².